The third-order valence-electron chi connectivity index (χ3n) is 6.55. The Hall–Kier alpha value is -2.09. The molecular formula is C25H33BrN6. The summed E-state index contributed by atoms with van der Waals surface area (Å²) in [6.07, 6.45) is 5.44. The summed E-state index contributed by atoms with van der Waals surface area (Å²) < 4.78 is 3.09. The van der Waals surface area contributed by atoms with E-state index in [1.165, 1.54) is 44.3 Å². The fourth-order valence-corrected chi connectivity index (χ4v) is 4.72. The van der Waals surface area contributed by atoms with Gasteiger partial charge in [0.1, 0.15) is 0 Å². The molecule has 5 rings (SSSR count). The molecule has 2 heterocycles. The van der Waals surface area contributed by atoms with E-state index in [0.717, 1.165) is 36.0 Å². The van der Waals surface area contributed by atoms with Gasteiger partial charge in [0.05, 0.1) is 12.6 Å². The number of halogens is 1. The number of aromatic nitrogens is 4. The molecule has 0 radical (unpaired) electrons. The number of rotatable bonds is 5. The predicted octanol–water partition coefficient (Wildman–Crippen LogP) is 4.79. The maximum atomic E-state index is 4.35. The molecular weight excluding hydrogens is 464 g/mol. The summed E-state index contributed by atoms with van der Waals surface area (Å²) in [4.78, 5) is 5.25. The summed E-state index contributed by atoms with van der Waals surface area (Å²) in [6, 6.07) is 21.5. The Morgan fingerprint density at radius 1 is 0.906 bits per heavy atom. The molecule has 6 nitrogen and oxygen atoms in total. The largest absolute Gasteiger partial charge is 0.299 e. The van der Waals surface area contributed by atoms with Crippen LogP contribution in [-0.4, -0.2) is 62.2 Å². The van der Waals surface area contributed by atoms with Crippen LogP contribution in [0.25, 0.3) is 0 Å². The topological polar surface area (TPSA) is 50.1 Å². The Kier molecular flexibility index (Phi) is 8.42. The van der Waals surface area contributed by atoms with E-state index >= 15 is 0 Å². The number of benzene rings is 2. The van der Waals surface area contributed by atoms with E-state index in [4.69, 9.17) is 0 Å². The van der Waals surface area contributed by atoms with Gasteiger partial charge >= 0.3 is 0 Å². The molecule has 2 aliphatic rings. The summed E-state index contributed by atoms with van der Waals surface area (Å²) >= 11 is 3.31. The fraction of sp³-hybridized carbons (Fsp3) is 0.480. The molecule has 1 saturated carbocycles. The van der Waals surface area contributed by atoms with Crippen molar-refractivity contribution < 1.29 is 0 Å². The van der Waals surface area contributed by atoms with Crippen LogP contribution >= 0.6 is 15.9 Å². The summed E-state index contributed by atoms with van der Waals surface area (Å²) in [6.45, 7) is 7.62. The lowest BCUT2D eigenvalue weighted by Crippen LogP contribution is -2.42. The van der Waals surface area contributed by atoms with Crippen molar-refractivity contribution in [2.24, 2.45) is 0 Å². The monoisotopic (exact) mass is 496 g/mol. The zero-order valence-electron chi connectivity index (χ0n) is 18.9. The molecule has 1 aliphatic carbocycles. The standard InChI is InChI=1S/C19H28N6.C6H5Br/c1-16(23-11-6-12-24(14-13-23)18-9-5-10-18)19-20-21-22-25(19)15-17-7-3-2-4-8-17;7-6-4-2-1-3-5-6/h2-4,7-8,16,18H,5-6,9-15H2,1H3;1-5H. The smallest absolute Gasteiger partial charge is 0.168 e. The van der Waals surface area contributed by atoms with E-state index in [1.54, 1.807) is 0 Å². The average molecular weight is 497 g/mol. The molecule has 0 bridgehead atoms. The van der Waals surface area contributed by atoms with E-state index < -0.39 is 0 Å². The van der Waals surface area contributed by atoms with Crippen LogP contribution < -0.4 is 0 Å². The molecule has 1 saturated heterocycles. The van der Waals surface area contributed by atoms with Crippen LogP contribution in [-0.2, 0) is 6.54 Å². The minimum Gasteiger partial charge on any atom is -0.299 e. The first-order chi connectivity index (χ1) is 15.7. The summed E-state index contributed by atoms with van der Waals surface area (Å²) in [5.41, 5.74) is 1.23. The number of hydrogen-bond donors (Lipinski definition) is 0. The Morgan fingerprint density at radius 2 is 1.62 bits per heavy atom. The molecule has 1 aromatic heterocycles. The first-order valence-corrected chi connectivity index (χ1v) is 12.5. The highest BCUT2D eigenvalue weighted by atomic mass is 79.9. The van der Waals surface area contributed by atoms with Crippen LogP contribution in [0.5, 0.6) is 0 Å². The third kappa shape index (κ3) is 6.24. The average Bonchev–Trinajstić information content (AvgIpc) is 3.10. The van der Waals surface area contributed by atoms with Crippen LogP contribution in [0.1, 0.15) is 50.0 Å². The Balaban J connectivity index is 0.000000300. The van der Waals surface area contributed by atoms with E-state index in [9.17, 15) is 0 Å². The van der Waals surface area contributed by atoms with Gasteiger partial charge < -0.3 is 0 Å². The molecule has 1 aliphatic heterocycles. The van der Waals surface area contributed by atoms with Crippen molar-refractivity contribution in [2.75, 3.05) is 26.2 Å². The molecule has 170 valence electrons. The van der Waals surface area contributed by atoms with Crippen LogP contribution in [0.15, 0.2) is 65.1 Å². The second kappa shape index (κ2) is 11.7. The molecule has 0 N–H and O–H groups in total. The maximum Gasteiger partial charge on any atom is 0.168 e. The summed E-state index contributed by atoms with van der Waals surface area (Å²) in [7, 11) is 0. The molecule has 2 fully saturated rings. The van der Waals surface area contributed by atoms with E-state index in [0.29, 0.717) is 0 Å². The summed E-state index contributed by atoms with van der Waals surface area (Å²) in [5.74, 6) is 0.973. The molecule has 32 heavy (non-hydrogen) atoms. The van der Waals surface area contributed by atoms with Gasteiger partial charge in [-0.25, -0.2) is 4.68 Å². The predicted molar refractivity (Wildman–Crippen MR) is 131 cm³/mol. The van der Waals surface area contributed by atoms with Gasteiger partial charge in [-0.3, -0.25) is 9.80 Å². The number of tetrazole rings is 1. The molecule has 2 aromatic carbocycles. The van der Waals surface area contributed by atoms with Gasteiger partial charge in [0, 0.05) is 30.1 Å². The van der Waals surface area contributed by atoms with E-state index in [1.807, 2.05) is 41.1 Å². The third-order valence-corrected chi connectivity index (χ3v) is 7.07. The Bertz CT molecular complexity index is 928. The number of nitrogens with zero attached hydrogens (tertiary/aromatic N) is 6. The number of hydrogen-bond acceptors (Lipinski definition) is 5. The molecule has 0 spiro atoms. The van der Waals surface area contributed by atoms with E-state index in [2.05, 4.69) is 72.4 Å². The Morgan fingerprint density at radius 3 is 2.25 bits per heavy atom. The molecule has 1 unspecified atom stereocenters. The van der Waals surface area contributed by atoms with Crippen LogP contribution in [0.4, 0.5) is 0 Å². The normalized spacial score (nSPS) is 18.8. The van der Waals surface area contributed by atoms with Crippen molar-refractivity contribution in [1.82, 2.24) is 30.0 Å². The highest BCUT2D eigenvalue weighted by Crippen LogP contribution is 2.27. The lowest BCUT2D eigenvalue weighted by Gasteiger charge is -2.37. The van der Waals surface area contributed by atoms with Gasteiger partial charge in [-0.2, -0.15) is 0 Å². The zero-order valence-corrected chi connectivity index (χ0v) is 20.4. The van der Waals surface area contributed by atoms with Crippen LogP contribution in [0, 0.1) is 0 Å². The molecule has 7 heteroatoms. The van der Waals surface area contributed by atoms with Crippen molar-refractivity contribution in [3.8, 4) is 0 Å². The summed E-state index contributed by atoms with van der Waals surface area (Å²) in [5, 5.41) is 12.5. The fourth-order valence-electron chi connectivity index (χ4n) is 4.42. The quantitative estimate of drug-likeness (QED) is 0.507. The highest BCUT2D eigenvalue weighted by molar-refractivity contribution is 9.10. The van der Waals surface area contributed by atoms with Gasteiger partial charge in [-0.15, -0.1) is 5.10 Å². The lowest BCUT2D eigenvalue weighted by molar-refractivity contribution is 0.126. The molecule has 1 atom stereocenters. The minimum absolute atomic E-state index is 0.250. The SMILES string of the molecule is Brc1ccccc1.CC(c1nnnn1Cc1ccccc1)N1CCCN(C2CCC2)CC1. The first kappa shape index (κ1) is 23.1. The van der Waals surface area contributed by atoms with Crippen LogP contribution in [0.2, 0.25) is 0 Å². The van der Waals surface area contributed by atoms with Gasteiger partial charge in [0.15, 0.2) is 5.82 Å². The second-order valence-corrected chi connectivity index (χ2v) is 9.58. The first-order valence-electron chi connectivity index (χ1n) is 11.7. The lowest BCUT2D eigenvalue weighted by atomic mass is 9.91. The molecule has 3 aromatic rings. The van der Waals surface area contributed by atoms with Gasteiger partial charge in [0.2, 0.25) is 0 Å². The maximum absolute atomic E-state index is 4.35. The minimum atomic E-state index is 0.250. The van der Waals surface area contributed by atoms with Crippen LogP contribution in [0.3, 0.4) is 0 Å². The van der Waals surface area contributed by atoms with Crippen molar-refractivity contribution >= 4 is 15.9 Å². The van der Waals surface area contributed by atoms with Crippen molar-refractivity contribution in [2.45, 2.75) is 51.2 Å². The Labute approximate surface area is 199 Å². The van der Waals surface area contributed by atoms with Crippen molar-refractivity contribution in [3.05, 3.63) is 76.5 Å². The zero-order chi connectivity index (χ0) is 22.2. The molecule has 0 amide bonds. The van der Waals surface area contributed by atoms with E-state index in [-0.39, 0.29) is 6.04 Å². The van der Waals surface area contributed by atoms with Crippen molar-refractivity contribution in [1.29, 1.82) is 0 Å². The van der Waals surface area contributed by atoms with Gasteiger partial charge in [-0.1, -0.05) is 70.9 Å². The van der Waals surface area contributed by atoms with Crippen molar-refractivity contribution in [3.63, 3.8) is 0 Å². The highest BCUT2D eigenvalue weighted by Gasteiger charge is 2.29. The van der Waals surface area contributed by atoms with Gasteiger partial charge in [-0.05, 0) is 60.9 Å². The second-order valence-electron chi connectivity index (χ2n) is 8.66. The van der Waals surface area contributed by atoms with Gasteiger partial charge in [0.25, 0.3) is 0 Å².